The van der Waals surface area contributed by atoms with E-state index in [1.165, 1.54) is 11.8 Å². The third-order valence-electron chi connectivity index (χ3n) is 3.04. The van der Waals surface area contributed by atoms with Gasteiger partial charge in [0.15, 0.2) is 0 Å². The first kappa shape index (κ1) is 15.6. The Hall–Kier alpha value is -1.82. The first-order valence-corrected chi connectivity index (χ1v) is 7.78. The molecular formula is C15H18N2O3S. The predicted molar refractivity (Wildman–Crippen MR) is 80.6 cm³/mol. The Kier molecular flexibility index (Phi) is 5.38. The number of hydrogen-bond donors (Lipinski definition) is 0. The number of hydrogen-bond acceptors (Lipinski definition) is 6. The van der Waals surface area contributed by atoms with Gasteiger partial charge >= 0.3 is 5.97 Å². The van der Waals surface area contributed by atoms with Gasteiger partial charge in [0, 0.05) is 17.5 Å². The van der Waals surface area contributed by atoms with Crippen molar-refractivity contribution in [1.82, 2.24) is 10.1 Å². The van der Waals surface area contributed by atoms with E-state index in [4.69, 9.17) is 9.26 Å². The largest absolute Gasteiger partial charge is 0.462 e. The molecule has 0 aromatic carbocycles. The summed E-state index contributed by atoms with van der Waals surface area (Å²) in [7, 11) is 0. The molecular weight excluding hydrogens is 288 g/mol. The van der Waals surface area contributed by atoms with Gasteiger partial charge in [0.1, 0.15) is 10.8 Å². The lowest BCUT2D eigenvalue weighted by atomic mass is 10.1. The minimum atomic E-state index is -0.328. The molecule has 2 rings (SSSR count). The van der Waals surface area contributed by atoms with E-state index >= 15 is 0 Å². The molecule has 0 bridgehead atoms. The van der Waals surface area contributed by atoms with E-state index in [0.717, 1.165) is 29.2 Å². The Morgan fingerprint density at radius 1 is 1.43 bits per heavy atom. The second-order valence-corrected chi connectivity index (χ2v) is 5.56. The van der Waals surface area contributed by atoms with Crippen LogP contribution in [0.15, 0.2) is 27.9 Å². The average Bonchev–Trinajstić information content (AvgIpc) is 2.80. The molecule has 0 amide bonds. The molecule has 0 aliphatic heterocycles. The van der Waals surface area contributed by atoms with Crippen LogP contribution in [0.25, 0.3) is 0 Å². The lowest BCUT2D eigenvalue weighted by molar-refractivity contribution is 0.0521. The van der Waals surface area contributed by atoms with Crippen LogP contribution >= 0.6 is 11.8 Å². The summed E-state index contributed by atoms with van der Waals surface area (Å²) >= 11 is 1.54. The number of carbonyl (C=O) groups is 1. The number of ether oxygens (including phenoxy) is 1. The maximum atomic E-state index is 11.9. The number of aromatic nitrogens is 2. The van der Waals surface area contributed by atoms with Crippen LogP contribution < -0.4 is 0 Å². The van der Waals surface area contributed by atoms with Crippen LogP contribution in [0.4, 0.5) is 0 Å². The van der Waals surface area contributed by atoms with Crippen LogP contribution in [-0.4, -0.2) is 28.5 Å². The number of carbonyl (C=O) groups excluding carboxylic acids is 1. The second kappa shape index (κ2) is 7.26. The van der Waals surface area contributed by atoms with Gasteiger partial charge in [-0.05, 0) is 39.3 Å². The third-order valence-corrected chi connectivity index (χ3v) is 4.05. The van der Waals surface area contributed by atoms with Crippen molar-refractivity contribution in [3.8, 4) is 0 Å². The molecule has 0 radical (unpaired) electrons. The number of esters is 1. The van der Waals surface area contributed by atoms with Crippen molar-refractivity contribution in [1.29, 1.82) is 0 Å². The molecule has 0 aliphatic carbocycles. The molecule has 0 unspecified atom stereocenters. The van der Waals surface area contributed by atoms with Crippen LogP contribution in [0, 0.1) is 13.8 Å². The van der Waals surface area contributed by atoms with Crippen LogP contribution in [0.3, 0.4) is 0 Å². The maximum Gasteiger partial charge on any atom is 0.340 e. The predicted octanol–water partition coefficient (Wildman–Crippen LogP) is 3.20. The summed E-state index contributed by atoms with van der Waals surface area (Å²) in [6.07, 6.45) is 2.51. The zero-order chi connectivity index (χ0) is 15.2. The molecule has 6 heteroatoms. The van der Waals surface area contributed by atoms with Gasteiger partial charge in [0.2, 0.25) is 0 Å². The fraction of sp³-hybridized carbons (Fsp3) is 0.400. The molecule has 0 spiro atoms. The highest BCUT2D eigenvalue weighted by Crippen LogP contribution is 2.23. The van der Waals surface area contributed by atoms with E-state index in [0.29, 0.717) is 17.2 Å². The van der Waals surface area contributed by atoms with Crippen molar-refractivity contribution in [3.63, 3.8) is 0 Å². The Bertz CT molecular complexity index is 606. The summed E-state index contributed by atoms with van der Waals surface area (Å²) in [5.74, 6) is 1.32. The lowest BCUT2D eigenvalue weighted by Crippen LogP contribution is -2.07. The van der Waals surface area contributed by atoms with Crippen molar-refractivity contribution in [2.24, 2.45) is 0 Å². The fourth-order valence-electron chi connectivity index (χ4n) is 1.98. The number of thioether (sulfide) groups is 1. The molecule has 0 saturated carbocycles. The molecule has 0 atom stereocenters. The Balaban J connectivity index is 2.02. The Labute approximate surface area is 128 Å². The van der Waals surface area contributed by atoms with Crippen LogP contribution in [0.1, 0.15) is 34.3 Å². The third kappa shape index (κ3) is 3.85. The van der Waals surface area contributed by atoms with Crippen molar-refractivity contribution >= 4 is 17.7 Å². The van der Waals surface area contributed by atoms with E-state index in [2.05, 4.69) is 10.1 Å². The number of pyridine rings is 1. The minimum absolute atomic E-state index is 0.328. The summed E-state index contributed by atoms with van der Waals surface area (Å²) in [5, 5.41) is 4.63. The molecule has 0 aliphatic rings. The van der Waals surface area contributed by atoms with Gasteiger partial charge in [0.05, 0.1) is 17.9 Å². The topological polar surface area (TPSA) is 65.2 Å². The van der Waals surface area contributed by atoms with Crippen molar-refractivity contribution < 1.29 is 14.1 Å². The van der Waals surface area contributed by atoms with Gasteiger partial charge in [-0.15, -0.1) is 11.8 Å². The number of aryl methyl sites for hydroxylation is 2. The first-order chi connectivity index (χ1) is 10.1. The zero-order valence-electron chi connectivity index (χ0n) is 12.4. The van der Waals surface area contributed by atoms with E-state index in [1.54, 1.807) is 25.3 Å². The van der Waals surface area contributed by atoms with E-state index in [9.17, 15) is 4.79 Å². The quantitative estimate of drug-likeness (QED) is 0.603. The van der Waals surface area contributed by atoms with Crippen LogP contribution in [0.2, 0.25) is 0 Å². The van der Waals surface area contributed by atoms with E-state index in [1.807, 2.05) is 13.8 Å². The molecule has 2 heterocycles. The molecule has 0 N–H and O–H groups in total. The van der Waals surface area contributed by atoms with Gasteiger partial charge in [-0.2, -0.15) is 0 Å². The van der Waals surface area contributed by atoms with E-state index < -0.39 is 0 Å². The standard InChI is InChI=1S/C15H18N2O3S/c1-4-19-15(18)13-6-5-8-16-14(13)21-9-7-12-10(2)17-20-11(12)3/h5-6,8H,4,7,9H2,1-3H3. The van der Waals surface area contributed by atoms with Crippen LogP contribution in [0.5, 0.6) is 0 Å². The highest BCUT2D eigenvalue weighted by molar-refractivity contribution is 7.99. The van der Waals surface area contributed by atoms with Gasteiger partial charge in [-0.3, -0.25) is 0 Å². The monoisotopic (exact) mass is 306 g/mol. The van der Waals surface area contributed by atoms with Crippen molar-refractivity contribution in [3.05, 3.63) is 40.9 Å². The minimum Gasteiger partial charge on any atom is -0.462 e. The normalized spacial score (nSPS) is 10.6. The summed E-state index contributed by atoms with van der Waals surface area (Å²) < 4.78 is 10.2. The van der Waals surface area contributed by atoms with Crippen molar-refractivity contribution in [2.75, 3.05) is 12.4 Å². The molecule has 21 heavy (non-hydrogen) atoms. The van der Waals surface area contributed by atoms with Gasteiger partial charge < -0.3 is 9.26 Å². The van der Waals surface area contributed by atoms with E-state index in [-0.39, 0.29) is 5.97 Å². The smallest absolute Gasteiger partial charge is 0.340 e. The molecule has 2 aromatic rings. The summed E-state index contributed by atoms with van der Waals surface area (Å²) in [5.41, 5.74) is 2.55. The first-order valence-electron chi connectivity index (χ1n) is 6.80. The Morgan fingerprint density at radius 3 is 2.90 bits per heavy atom. The maximum absolute atomic E-state index is 11.9. The molecule has 0 saturated heterocycles. The zero-order valence-corrected chi connectivity index (χ0v) is 13.2. The summed E-state index contributed by atoms with van der Waals surface area (Å²) in [6, 6.07) is 3.48. The molecule has 0 fully saturated rings. The Morgan fingerprint density at radius 2 is 2.24 bits per heavy atom. The SMILES string of the molecule is CCOC(=O)c1cccnc1SCCc1c(C)noc1C. The number of rotatable bonds is 6. The lowest BCUT2D eigenvalue weighted by Gasteiger charge is -2.07. The summed E-state index contributed by atoms with van der Waals surface area (Å²) in [4.78, 5) is 16.1. The van der Waals surface area contributed by atoms with Crippen molar-refractivity contribution in [2.45, 2.75) is 32.2 Å². The van der Waals surface area contributed by atoms with Gasteiger partial charge in [-0.25, -0.2) is 9.78 Å². The second-order valence-electron chi connectivity index (χ2n) is 4.48. The fourth-order valence-corrected chi connectivity index (χ4v) is 2.92. The molecule has 112 valence electrons. The molecule has 2 aromatic heterocycles. The highest BCUT2D eigenvalue weighted by atomic mass is 32.2. The van der Waals surface area contributed by atoms with Crippen LogP contribution in [-0.2, 0) is 11.2 Å². The van der Waals surface area contributed by atoms with Gasteiger partial charge in [0.25, 0.3) is 0 Å². The molecule has 5 nitrogen and oxygen atoms in total. The summed E-state index contributed by atoms with van der Waals surface area (Å²) in [6.45, 7) is 5.99. The average molecular weight is 306 g/mol. The highest BCUT2D eigenvalue weighted by Gasteiger charge is 2.14. The number of nitrogens with zero attached hydrogens (tertiary/aromatic N) is 2. The van der Waals surface area contributed by atoms with Gasteiger partial charge in [-0.1, -0.05) is 5.16 Å².